The van der Waals surface area contributed by atoms with Crippen LogP contribution in [-0.4, -0.2) is 62.7 Å². The Balaban J connectivity index is 1.95. The number of hydrogen-bond donors (Lipinski definition) is 1. The van der Waals surface area contributed by atoms with Crippen molar-refractivity contribution in [2.45, 2.75) is 44.2 Å². The predicted octanol–water partition coefficient (Wildman–Crippen LogP) is 1.40. The van der Waals surface area contributed by atoms with Gasteiger partial charge in [0.05, 0.1) is 0 Å². The molecule has 0 bridgehead atoms. The molecule has 2 saturated heterocycles. The number of nitrogens with zero attached hydrogens (tertiary/aromatic N) is 2. The van der Waals surface area contributed by atoms with Crippen LogP contribution in [-0.2, 0) is 0 Å². The van der Waals surface area contributed by atoms with E-state index in [2.05, 4.69) is 36.3 Å². The van der Waals surface area contributed by atoms with Crippen LogP contribution in [0, 0.1) is 5.92 Å². The van der Waals surface area contributed by atoms with E-state index in [0.29, 0.717) is 0 Å². The molecule has 0 amide bonds. The first-order chi connectivity index (χ1) is 8.18. The number of rotatable bonds is 3. The summed E-state index contributed by atoms with van der Waals surface area (Å²) in [5, 5.41) is 3.75. The van der Waals surface area contributed by atoms with Crippen molar-refractivity contribution in [3.05, 3.63) is 0 Å². The molecule has 1 N–H and O–H groups in total. The number of likely N-dealkylation sites (N-methyl/N-ethyl adjacent to an activating group) is 1. The monoisotopic (exact) mass is 239 g/mol. The third-order valence-corrected chi connectivity index (χ3v) is 4.60. The molecule has 0 aromatic heterocycles. The standard InChI is InChI=1S/C14H29N3/c1-16(2)14(13-6-4-5-9-15-13)12-7-10-17(3)11-8-12/h12-15H,4-11H2,1-3H3. The SMILES string of the molecule is CN1CCC(C(C2CCCCN2)N(C)C)CC1. The van der Waals surface area contributed by atoms with Crippen molar-refractivity contribution in [1.29, 1.82) is 0 Å². The molecule has 0 saturated carbocycles. The van der Waals surface area contributed by atoms with Crippen LogP contribution in [0.4, 0.5) is 0 Å². The zero-order valence-electron chi connectivity index (χ0n) is 11.8. The summed E-state index contributed by atoms with van der Waals surface area (Å²) in [6.07, 6.45) is 6.89. The van der Waals surface area contributed by atoms with Crippen LogP contribution >= 0.6 is 0 Å². The van der Waals surface area contributed by atoms with Gasteiger partial charge in [0.25, 0.3) is 0 Å². The number of nitrogens with one attached hydrogen (secondary N) is 1. The zero-order chi connectivity index (χ0) is 12.3. The third kappa shape index (κ3) is 3.43. The maximum atomic E-state index is 3.75. The van der Waals surface area contributed by atoms with Gasteiger partial charge in [-0.15, -0.1) is 0 Å². The normalized spacial score (nSPS) is 30.7. The van der Waals surface area contributed by atoms with Crippen molar-refractivity contribution in [1.82, 2.24) is 15.1 Å². The molecule has 2 aliphatic rings. The highest BCUT2D eigenvalue weighted by atomic mass is 15.2. The second-order valence-electron chi connectivity index (χ2n) is 6.15. The van der Waals surface area contributed by atoms with Crippen molar-refractivity contribution < 1.29 is 0 Å². The van der Waals surface area contributed by atoms with Gasteiger partial charge in [-0.25, -0.2) is 0 Å². The Morgan fingerprint density at radius 1 is 1.12 bits per heavy atom. The lowest BCUT2D eigenvalue weighted by atomic mass is 9.82. The molecule has 17 heavy (non-hydrogen) atoms. The Bertz CT molecular complexity index is 216. The lowest BCUT2D eigenvalue weighted by molar-refractivity contribution is 0.0937. The Hall–Kier alpha value is -0.120. The molecule has 0 aliphatic carbocycles. The van der Waals surface area contributed by atoms with Crippen LogP contribution in [0.1, 0.15) is 32.1 Å². The van der Waals surface area contributed by atoms with Crippen LogP contribution in [0.3, 0.4) is 0 Å². The van der Waals surface area contributed by atoms with Gasteiger partial charge in [-0.1, -0.05) is 6.42 Å². The smallest absolute Gasteiger partial charge is 0.0272 e. The summed E-state index contributed by atoms with van der Waals surface area (Å²) in [6, 6.07) is 1.47. The van der Waals surface area contributed by atoms with E-state index >= 15 is 0 Å². The second kappa shape index (κ2) is 6.17. The first-order valence-electron chi connectivity index (χ1n) is 7.27. The highest BCUT2D eigenvalue weighted by molar-refractivity contribution is 4.91. The van der Waals surface area contributed by atoms with Gasteiger partial charge in [0.15, 0.2) is 0 Å². The van der Waals surface area contributed by atoms with Crippen LogP contribution in [0.2, 0.25) is 0 Å². The van der Waals surface area contributed by atoms with E-state index in [1.165, 1.54) is 51.7 Å². The molecule has 0 spiro atoms. The summed E-state index contributed by atoms with van der Waals surface area (Å²) in [4.78, 5) is 4.94. The van der Waals surface area contributed by atoms with Crippen molar-refractivity contribution in [3.63, 3.8) is 0 Å². The lowest BCUT2D eigenvalue weighted by Crippen LogP contribution is -2.54. The predicted molar refractivity (Wildman–Crippen MR) is 73.3 cm³/mol. The molecule has 2 rings (SSSR count). The van der Waals surface area contributed by atoms with E-state index in [1.54, 1.807) is 0 Å². The second-order valence-corrected chi connectivity index (χ2v) is 6.15. The largest absolute Gasteiger partial charge is 0.312 e. The summed E-state index contributed by atoms with van der Waals surface area (Å²) >= 11 is 0. The van der Waals surface area contributed by atoms with Gasteiger partial charge in [-0.2, -0.15) is 0 Å². The van der Waals surface area contributed by atoms with E-state index < -0.39 is 0 Å². The quantitative estimate of drug-likeness (QED) is 0.803. The topological polar surface area (TPSA) is 18.5 Å². The van der Waals surface area contributed by atoms with Crippen LogP contribution in [0.25, 0.3) is 0 Å². The summed E-state index contributed by atoms with van der Waals surface area (Å²) in [5.74, 6) is 0.886. The molecule has 0 radical (unpaired) electrons. The molecule has 2 unspecified atom stereocenters. The summed E-state index contributed by atoms with van der Waals surface area (Å²) in [6.45, 7) is 3.78. The summed E-state index contributed by atoms with van der Waals surface area (Å²) in [7, 11) is 6.78. The first kappa shape index (κ1) is 13.3. The Labute approximate surface area is 107 Å². The van der Waals surface area contributed by atoms with Gasteiger partial charge in [0.2, 0.25) is 0 Å². The molecule has 100 valence electrons. The number of likely N-dealkylation sites (tertiary alicyclic amines) is 1. The molecule has 3 nitrogen and oxygen atoms in total. The molecule has 2 fully saturated rings. The highest BCUT2D eigenvalue weighted by Gasteiger charge is 2.33. The average Bonchev–Trinajstić information content (AvgIpc) is 2.33. The van der Waals surface area contributed by atoms with Gasteiger partial charge in [-0.3, -0.25) is 0 Å². The zero-order valence-corrected chi connectivity index (χ0v) is 11.8. The molecular weight excluding hydrogens is 210 g/mol. The maximum Gasteiger partial charge on any atom is 0.0272 e. The molecule has 2 aliphatic heterocycles. The van der Waals surface area contributed by atoms with Gasteiger partial charge in [-0.05, 0) is 72.4 Å². The number of hydrogen-bond acceptors (Lipinski definition) is 3. The van der Waals surface area contributed by atoms with Crippen molar-refractivity contribution in [2.24, 2.45) is 5.92 Å². The highest BCUT2D eigenvalue weighted by Crippen LogP contribution is 2.27. The van der Waals surface area contributed by atoms with E-state index in [9.17, 15) is 0 Å². The van der Waals surface area contributed by atoms with Crippen LogP contribution < -0.4 is 5.32 Å². The van der Waals surface area contributed by atoms with E-state index in [4.69, 9.17) is 0 Å². The first-order valence-corrected chi connectivity index (χ1v) is 7.27. The minimum absolute atomic E-state index is 0.729. The molecule has 3 heteroatoms. The van der Waals surface area contributed by atoms with Crippen molar-refractivity contribution in [3.8, 4) is 0 Å². The molecule has 0 aromatic rings. The van der Waals surface area contributed by atoms with E-state index in [0.717, 1.165) is 18.0 Å². The van der Waals surface area contributed by atoms with Gasteiger partial charge >= 0.3 is 0 Å². The lowest BCUT2D eigenvalue weighted by Gasteiger charge is -2.43. The summed E-state index contributed by atoms with van der Waals surface area (Å²) < 4.78 is 0. The Kier molecular flexibility index (Phi) is 4.83. The molecule has 2 heterocycles. The Morgan fingerprint density at radius 3 is 2.35 bits per heavy atom. The van der Waals surface area contributed by atoms with Crippen LogP contribution in [0.5, 0.6) is 0 Å². The van der Waals surface area contributed by atoms with Gasteiger partial charge < -0.3 is 15.1 Å². The van der Waals surface area contributed by atoms with Crippen molar-refractivity contribution >= 4 is 0 Å². The molecule has 0 aromatic carbocycles. The van der Waals surface area contributed by atoms with E-state index in [1.807, 2.05) is 0 Å². The average molecular weight is 239 g/mol. The minimum atomic E-state index is 0.729. The van der Waals surface area contributed by atoms with Gasteiger partial charge in [0.1, 0.15) is 0 Å². The number of piperidine rings is 2. The molecule has 2 atom stereocenters. The van der Waals surface area contributed by atoms with Crippen molar-refractivity contribution in [2.75, 3.05) is 40.8 Å². The fraction of sp³-hybridized carbons (Fsp3) is 1.00. The fourth-order valence-corrected chi connectivity index (χ4v) is 3.65. The van der Waals surface area contributed by atoms with Crippen LogP contribution in [0.15, 0.2) is 0 Å². The van der Waals surface area contributed by atoms with Gasteiger partial charge in [0, 0.05) is 12.1 Å². The maximum absolute atomic E-state index is 3.75. The summed E-state index contributed by atoms with van der Waals surface area (Å²) in [5.41, 5.74) is 0. The fourth-order valence-electron chi connectivity index (χ4n) is 3.65. The minimum Gasteiger partial charge on any atom is -0.312 e. The Morgan fingerprint density at radius 2 is 1.82 bits per heavy atom. The molecular formula is C14H29N3. The third-order valence-electron chi connectivity index (χ3n) is 4.60. The van der Waals surface area contributed by atoms with E-state index in [-0.39, 0.29) is 0 Å².